The van der Waals surface area contributed by atoms with Crippen LogP contribution in [0, 0.1) is 20.8 Å². The van der Waals surface area contributed by atoms with E-state index in [1.54, 1.807) is 0 Å². The van der Waals surface area contributed by atoms with Crippen molar-refractivity contribution in [2.24, 2.45) is 0 Å². The van der Waals surface area contributed by atoms with Crippen LogP contribution in [0.1, 0.15) is 36.1 Å². The molecule has 2 aromatic rings. The normalized spacial score (nSPS) is 14.6. The van der Waals surface area contributed by atoms with Crippen molar-refractivity contribution in [1.29, 1.82) is 0 Å². The minimum Gasteiger partial charge on any atom is -0.350 e. The highest BCUT2D eigenvalue weighted by molar-refractivity contribution is 6.36. The Labute approximate surface area is 154 Å². The van der Waals surface area contributed by atoms with Gasteiger partial charge in [0, 0.05) is 11.7 Å². The van der Waals surface area contributed by atoms with Crippen molar-refractivity contribution in [2.75, 3.05) is 5.32 Å². The lowest BCUT2D eigenvalue weighted by Gasteiger charge is -2.19. The lowest BCUT2D eigenvalue weighted by atomic mass is 9.97. The van der Waals surface area contributed by atoms with E-state index in [9.17, 15) is 9.59 Å². The van der Waals surface area contributed by atoms with Gasteiger partial charge in [0.15, 0.2) is 0 Å². The summed E-state index contributed by atoms with van der Waals surface area (Å²) in [6.07, 6.45) is 0. The lowest BCUT2D eigenvalue weighted by Crippen LogP contribution is -2.38. The molecule has 1 heterocycles. The highest BCUT2D eigenvalue weighted by Crippen LogP contribution is 2.33. The zero-order valence-corrected chi connectivity index (χ0v) is 15.9. The molecule has 0 saturated heterocycles. The van der Waals surface area contributed by atoms with Crippen LogP contribution in [0.3, 0.4) is 0 Å². The highest BCUT2D eigenvalue weighted by atomic mass is 16.2. The Bertz CT molecular complexity index is 908. The van der Waals surface area contributed by atoms with Gasteiger partial charge in [-0.25, -0.2) is 0 Å². The van der Waals surface area contributed by atoms with Crippen molar-refractivity contribution in [2.45, 2.75) is 40.7 Å². The topological polar surface area (TPSA) is 49.4 Å². The van der Waals surface area contributed by atoms with Crippen molar-refractivity contribution in [3.8, 4) is 0 Å². The molecule has 3 rings (SSSR count). The van der Waals surface area contributed by atoms with Gasteiger partial charge in [-0.15, -0.1) is 0 Å². The van der Waals surface area contributed by atoms with Gasteiger partial charge < -0.3 is 5.32 Å². The first-order valence-electron chi connectivity index (χ1n) is 8.83. The molecule has 1 N–H and O–H groups in total. The molecule has 0 bridgehead atoms. The molecule has 0 unspecified atom stereocenters. The molecule has 0 aromatic heterocycles. The number of nitrogens with one attached hydrogen (secondary N) is 1. The van der Waals surface area contributed by atoms with Crippen molar-refractivity contribution in [3.63, 3.8) is 0 Å². The SMILES string of the molecule is Cc1ccc(NC2=C(c3ccc(C)cc3C)C(=O)N(C(C)C)C2=O)cc1. The molecule has 0 saturated carbocycles. The Kier molecular flexibility index (Phi) is 4.68. The quantitative estimate of drug-likeness (QED) is 0.842. The summed E-state index contributed by atoms with van der Waals surface area (Å²) in [5, 5.41) is 3.19. The molecular formula is C22H24N2O2. The minimum absolute atomic E-state index is 0.201. The summed E-state index contributed by atoms with van der Waals surface area (Å²) in [5.74, 6) is -0.521. The van der Waals surface area contributed by atoms with Crippen molar-refractivity contribution in [1.82, 2.24) is 4.90 Å². The third-order valence-corrected chi connectivity index (χ3v) is 4.60. The van der Waals surface area contributed by atoms with Crippen LogP contribution in [0.2, 0.25) is 0 Å². The lowest BCUT2D eigenvalue weighted by molar-refractivity contribution is -0.138. The molecule has 2 amide bonds. The van der Waals surface area contributed by atoms with E-state index in [1.165, 1.54) is 4.90 Å². The third kappa shape index (κ3) is 3.15. The predicted octanol–water partition coefficient (Wildman–Crippen LogP) is 4.21. The molecule has 134 valence electrons. The van der Waals surface area contributed by atoms with Crippen molar-refractivity contribution >= 4 is 23.1 Å². The second kappa shape index (κ2) is 6.79. The van der Waals surface area contributed by atoms with E-state index in [0.29, 0.717) is 11.3 Å². The monoisotopic (exact) mass is 348 g/mol. The fourth-order valence-electron chi connectivity index (χ4n) is 3.26. The van der Waals surface area contributed by atoms with Crippen LogP contribution in [0.5, 0.6) is 0 Å². The van der Waals surface area contributed by atoms with E-state index in [1.807, 2.05) is 77.1 Å². The number of anilines is 1. The van der Waals surface area contributed by atoms with Crippen LogP contribution in [-0.4, -0.2) is 22.8 Å². The Balaban J connectivity index is 2.14. The number of rotatable bonds is 4. The van der Waals surface area contributed by atoms with E-state index < -0.39 is 0 Å². The smallest absolute Gasteiger partial charge is 0.278 e. The molecule has 4 heteroatoms. The molecule has 0 fully saturated rings. The van der Waals surface area contributed by atoms with Gasteiger partial charge in [-0.2, -0.15) is 0 Å². The Hall–Kier alpha value is -2.88. The van der Waals surface area contributed by atoms with Gasteiger partial charge in [0.2, 0.25) is 0 Å². The number of amides is 2. The van der Waals surface area contributed by atoms with Crippen LogP contribution in [-0.2, 0) is 9.59 Å². The average molecular weight is 348 g/mol. The van der Waals surface area contributed by atoms with E-state index in [2.05, 4.69) is 5.32 Å². The van der Waals surface area contributed by atoms with E-state index in [0.717, 1.165) is 27.9 Å². The summed E-state index contributed by atoms with van der Waals surface area (Å²) in [6, 6.07) is 13.5. The summed E-state index contributed by atoms with van der Waals surface area (Å²) in [5.41, 5.74) is 5.62. The van der Waals surface area contributed by atoms with Crippen LogP contribution < -0.4 is 5.32 Å². The van der Waals surface area contributed by atoms with Gasteiger partial charge in [0.05, 0.1) is 5.57 Å². The van der Waals surface area contributed by atoms with E-state index in [4.69, 9.17) is 0 Å². The fraction of sp³-hybridized carbons (Fsp3) is 0.273. The molecule has 0 aliphatic carbocycles. The molecule has 0 atom stereocenters. The maximum absolute atomic E-state index is 13.1. The first-order chi connectivity index (χ1) is 12.3. The number of aryl methyl sites for hydroxylation is 3. The van der Waals surface area contributed by atoms with Gasteiger partial charge >= 0.3 is 0 Å². The maximum atomic E-state index is 13.1. The van der Waals surface area contributed by atoms with Crippen molar-refractivity contribution < 1.29 is 9.59 Å². The number of carbonyl (C=O) groups excluding carboxylic acids is 2. The summed E-state index contributed by atoms with van der Waals surface area (Å²) in [7, 11) is 0. The summed E-state index contributed by atoms with van der Waals surface area (Å²) in [6.45, 7) is 9.69. The molecule has 1 aliphatic rings. The second-order valence-corrected chi connectivity index (χ2v) is 7.13. The third-order valence-electron chi connectivity index (χ3n) is 4.60. The molecule has 0 spiro atoms. The number of nitrogens with zero attached hydrogens (tertiary/aromatic N) is 1. The van der Waals surface area contributed by atoms with Gasteiger partial charge in [-0.05, 0) is 57.9 Å². The maximum Gasteiger partial charge on any atom is 0.278 e. The Morgan fingerprint density at radius 3 is 2.04 bits per heavy atom. The molecule has 0 radical (unpaired) electrons. The van der Waals surface area contributed by atoms with Crippen molar-refractivity contribution in [3.05, 3.63) is 70.4 Å². The number of hydrogen-bond acceptors (Lipinski definition) is 3. The summed E-state index contributed by atoms with van der Waals surface area (Å²) < 4.78 is 0. The van der Waals surface area contributed by atoms with Gasteiger partial charge in [0.1, 0.15) is 5.70 Å². The zero-order chi connectivity index (χ0) is 19.0. The number of hydrogen-bond donors (Lipinski definition) is 1. The standard InChI is InChI=1S/C22H24N2O2/c1-13(2)24-21(25)19(18-11-8-15(4)12-16(18)5)20(22(24)26)23-17-9-6-14(3)7-10-17/h6-13,23H,1-5H3. The Morgan fingerprint density at radius 2 is 1.46 bits per heavy atom. The number of benzene rings is 2. The molecule has 2 aromatic carbocycles. The van der Waals surface area contributed by atoms with Crippen LogP contribution in [0.15, 0.2) is 48.2 Å². The van der Waals surface area contributed by atoms with Crippen LogP contribution in [0.4, 0.5) is 5.69 Å². The largest absolute Gasteiger partial charge is 0.350 e. The van der Waals surface area contributed by atoms with Crippen LogP contribution in [0.25, 0.3) is 5.57 Å². The minimum atomic E-state index is -0.277. The first kappa shape index (κ1) is 17.9. The molecule has 26 heavy (non-hydrogen) atoms. The second-order valence-electron chi connectivity index (χ2n) is 7.13. The van der Waals surface area contributed by atoms with Crippen LogP contribution >= 0.6 is 0 Å². The van der Waals surface area contributed by atoms with Gasteiger partial charge in [-0.1, -0.05) is 41.5 Å². The summed E-state index contributed by atoms with van der Waals surface area (Å²) >= 11 is 0. The number of carbonyl (C=O) groups is 2. The number of imide groups is 1. The zero-order valence-electron chi connectivity index (χ0n) is 15.9. The summed E-state index contributed by atoms with van der Waals surface area (Å²) in [4.78, 5) is 27.4. The molecule has 4 nitrogen and oxygen atoms in total. The Morgan fingerprint density at radius 1 is 0.846 bits per heavy atom. The molecular weight excluding hydrogens is 324 g/mol. The van der Waals surface area contributed by atoms with Gasteiger partial charge in [0.25, 0.3) is 11.8 Å². The average Bonchev–Trinajstić information content (AvgIpc) is 2.80. The first-order valence-corrected chi connectivity index (χ1v) is 8.83. The van der Waals surface area contributed by atoms with Gasteiger partial charge in [-0.3, -0.25) is 14.5 Å². The van der Waals surface area contributed by atoms with E-state index >= 15 is 0 Å². The highest BCUT2D eigenvalue weighted by Gasteiger charge is 2.40. The fourth-order valence-corrected chi connectivity index (χ4v) is 3.26. The predicted molar refractivity (Wildman–Crippen MR) is 105 cm³/mol. The van der Waals surface area contributed by atoms with E-state index in [-0.39, 0.29) is 17.9 Å². The molecule has 1 aliphatic heterocycles.